The molecule has 0 saturated carbocycles. The number of esters is 1. The number of carbonyl (C=O) groups is 1. The maximum Gasteiger partial charge on any atom is 0.361 e. The predicted molar refractivity (Wildman–Crippen MR) is 116 cm³/mol. The highest BCUT2D eigenvalue weighted by Crippen LogP contribution is 2.17. The van der Waals surface area contributed by atoms with Crippen molar-refractivity contribution in [3.63, 3.8) is 0 Å². The van der Waals surface area contributed by atoms with E-state index >= 15 is 0 Å². The quantitative estimate of drug-likeness (QED) is 0.437. The molecule has 10 heteroatoms. The van der Waals surface area contributed by atoms with Gasteiger partial charge < -0.3 is 15.4 Å². The molecular formula is C20H23FN6O2S. The summed E-state index contributed by atoms with van der Waals surface area (Å²) in [6, 6.07) is 8.26. The number of benzene rings is 1. The van der Waals surface area contributed by atoms with Crippen LogP contribution in [0.5, 0.6) is 0 Å². The van der Waals surface area contributed by atoms with Gasteiger partial charge in [-0.15, -0.1) is 0 Å². The van der Waals surface area contributed by atoms with Crippen LogP contribution in [0.25, 0.3) is 0 Å². The average molecular weight is 431 g/mol. The van der Waals surface area contributed by atoms with Crippen molar-refractivity contribution in [1.29, 1.82) is 0 Å². The van der Waals surface area contributed by atoms with Gasteiger partial charge in [0.05, 0.1) is 18.3 Å². The van der Waals surface area contributed by atoms with Crippen molar-refractivity contribution in [3.8, 4) is 0 Å². The Morgan fingerprint density at radius 1 is 1.20 bits per heavy atom. The van der Waals surface area contributed by atoms with Gasteiger partial charge in [0.15, 0.2) is 16.6 Å². The topological polar surface area (TPSA) is 86.0 Å². The molecule has 0 aliphatic rings. The molecule has 8 nitrogen and oxygen atoms in total. The van der Waals surface area contributed by atoms with Gasteiger partial charge in [-0.05, 0) is 39.1 Å². The van der Waals surface area contributed by atoms with Crippen LogP contribution in [0.3, 0.4) is 0 Å². The lowest BCUT2D eigenvalue weighted by Gasteiger charge is -2.10. The zero-order valence-electron chi connectivity index (χ0n) is 16.9. The fourth-order valence-corrected chi connectivity index (χ4v) is 2.90. The van der Waals surface area contributed by atoms with E-state index in [0.29, 0.717) is 30.2 Å². The Labute approximate surface area is 179 Å². The zero-order valence-corrected chi connectivity index (χ0v) is 17.7. The summed E-state index contributed by atoms with van der Waals surface area (Å²) in [4.78, 5) is 12.3. The molecule has 0 aliphatic carbocycles. The van der Waals surface area contributed by atoms with Gasteiger partial charge in [0, 0.05) is 30.6 Å². The fraction of sp³-hybridized carbons (Fsp3) is 0.300. The van der Waals surface area contributed by atoms with Crippen molar-refractivity contribution in [2.75, 3.05) is 10.6 Å². The van der Waals surface area contributed by atoms with E-state index in [-0.39, 0.29) is 22.7 Å². The number of aryl methyl sites for hydroxylation is 1. The summed E-state index contributed by atoms with van der Waals surface area (Å²) in [5.41, 5.74) is 1.12. The Bertz CT molecular complexity index is 1050. The van der Waals surface area contributed by atoms with Gasteiger partial charge in [-0.1, -0.05) is 18.2 Å². The van der Waals surface area contributed by atoms with Gasteiger partial charge in [-0.25, -0.2) is 9.18 Å². The first-order valence-corrected chi connectivity index (χ1v) is 9.89. The maximum atomic E-state index is 13.8. The molecule has 2 heterocycles. The summed E-state index contributed by atoms with van der Waals surface area (Å²) in [5.74, 6) is -0.330. The summed E-state index contributed by atoms with van der Waals surface area (Å²) in [6.07, 6.45) is 3.14. The van der Waals surface area contributed by atoms with E-state index in [2.05, 4.69) is 20.8 Å². The Morgan fingerprint density at radius 2 is 1.97 bits per heavy atom. The van der Waals surface area contributed by atoms with Gasteiger partial charge >= 0.3 is 5.97 Å². The van der Waals surface area contributed by atoms with Crippen molar-refractivity contribution in [3.05, 3.63) is 59.8 Å². The smallest absolute Gasteiger partial charge is 0.361 e. The van der Waals surface area contributed by atoms with Crippen molar-refractivity contribution >= 4 is 34.8 Å². The fourth-order valence-electron chi connectivity index (χ4n) is 2.68. The second-order valence-electron chi connectivity index (χ2n) is 6.77. The lowest BCUT2D eigenvalue weighted by molar-refractivity contribution is 0.0371. The number of aromatic nitrogens is 4. The number of hydrogen-bond acceptors (Lipinski definition) is 5. The van der Waals surface area contributed by atoms with Crippen molar-refractivity contribution in [2.45, 2.75) is 40.0 Å². The number of carbonyl (C=O) groups excluding carboxylic acids is 1. The maximum absolute atomic E-state index is 13.8. The Balaban J connectivity index is 1.66. The lowest BCUT2D eigenvalue weighted by atomic mass is 10.2. The van der Waals surface area contributed by atoms with Gasteiger partial charge in [-0.2, -0.15) is 10.2 Å². The molecule has 0 radical (unpaired) electrons. The van der Waals surface area contributed by atoms with Crippen LogP contribution in [0.2, 0.25) is 0 Å². The number of hydrogen-bond donors (Lipinski definition) is 2. The van der Waals surface area contributed by atoms with Crippen LogP contribution in [-0.2, 0) is 17.8 Å². The number of ether oxygens (including phenoxy) is 1. The molecule has 30 heavy (non-hydrogen) atoms. The Kier molecular flexibility index (Phi) is 6.78. The van der Waals surface area contributed by atoms with E-state index in [0.717, 1.165) is 0 Å². The minimum absolute atomic E-state index is 0.153. The lowest BCUT2D eigenvalue weighted by Crippen LogP contribution is -2.21. The van der Waals surface area contributed by atoms with Crippen LogP contribution in [0.4, 0.5) is 15.9 Å². The number of halogens is 1. The normalized spacial score (nSPS) is 10.8. The minimum atomic E-state index is -0.531. The molecule has 0 amide bonds. The second kappa shape index (κ2) is 9.49. The molecule has 0 fully saturated rings. The standard InChI is InChI=1S/C20H23FN6O2S/c1-4-26-12-16(18(25-26)19(28)29-13(2)3)22-20(30)23-17-9-10-27(24-17)11-14-7-5-6-8-15(14)21/h5-10,12-13H,4,11H2,1-3H3,(H2,22,23,24,30). The number of rotatable bonds is 7. The van der Waals surface area contributed by atoms with Crippen molar-refractivity contribution < 1.29 is 13.9 Å². The summed E-state index contributed by atoms with van der Waals surface area (Å²) in [5, 5.41) is 14.7. The van der Waals surface area contributed by atoms with Crippen molar-refractivity contribution in [2.24, 2.45) is 0 Å². The molecule has 3 rings (SSSR count). The molecule has 3 aromatic rings. The summed E-state index contributed by atoms with van der Waals surface area (Å²) in [6.45, 7) is 6.33. The first-order chi connectivity index (χ1) is 14.4. The van der Waals surface area contributed by atoms with Crippen LogP contribution in [-0.4, -0.2) is 36.7 Å². The number of thiocarbonyl (C=S) groups is 1. The van der Waals surface area contributed by atoms with Crippen LogP contribution >= 0.6 is 12.2 Å². The van der Waals surface area contributed by atoms with Crippen molar-refractivity contribution in [1.82, 2.24) is 19.6 Å². The first kappa shape index (κ1) is 21.4. The van der Waals surface area contributed by atoms with Crippen LogP contribution in [0.1, 0.15) is 36.8 Å². The van der Waals surface area contributed by atoms with E-state index in [4.69, 9.17) is 17.0 Å². The summed E-state index contributed by atoms with van der Waals surface area (Å²) < 4.78 is 22.3. The van der Waals surface area contributed by atoms with E-state index in [1.807, 2.05) is 6.92 Å². The first-order valence-electron chi connectivity index (χ1n) is 9.49. The van der Waals surface area contributed by atoms with Gasteiger partial charge in [0.1, 0.15) is 5.82 Å². The highest BCUT2D eigenvalue weighted by atomic mass is 32.1. The van der Waals surface area contributed by atoms with E-state index < -0.39 is 5.97 Å². The van der Waals surface area contributed by atoms with Gasteiger partial charge in [0.2, 0.25) is 0 Å². The Morgan fingerprint density at radius 3 is 2.67 bits per heavy atom. The minimum Gasteiger partial charge on any atom is -0.458 e. The van der Waals surface area contributed by atoms with E-state index in [1.165, 1.54) is 6.07 Å². The van der Waals surface area contributed by atoms with E-state index in [1.54, 1.807) is 59.9 Å². The second-order valence-corrected chi connectivity index (χ2v) is 7.18. The molecule has 0 bridgehead atoms. The summed E-state index contributed by atoms with van der Waals surface area (Å²) >= 11 is 5.34. The molecule has 0 saturated heterocycles. The molecule has 158 valence electrons. The molecular weight excluding hydrogens is 407 g/mol. The SMILES string of the molecule is CCn1cc(NC(=S)Nc2ccn(Cc3ccccc3F)n2)c(C(=O)OC(C)C)n1. The summed E-state index contributed by atoms with van der Waals surface area (Å²) in [7, 11) is 0. The number of nitrogens with one attached hydrogen (secondary N) is 2. The average Bonchev–Trinajstić information content (AvgIpc) is 3.29. The largest absolute Gasteiger partial charge is 0.458 e. The molecule has 0 atom stereocenters. The molecule has 0 aliphatic heterocycles. The zero-order chi connectivity index (χ0) is 21.7. The molecule has 0 unspecified atom stereocenters. The molecule has 2 N–H and O–H groups in total. The third-order valence-electron chi connectivity index (χ3n) is 4.04. The number of anilines is 2. The third-order valence-corrected chi connectivity index (χ3v) is 4.25. The van der Waals surface area contributed by atoms with E-state index in [9.17, 15) is 9.18 Å². The third kappa shape index (κ3) is 5.41. The number of nitrogens with zero attached hydrogens (tertiary/aromatic N) is 4. The highest BCUT2D eigenvalue weighted by Gasteiger charge is 2.20. The van der Waals surface area contributed by atoms with Gasteiger partial charge in [0.25, 0.3) is 0 Å². The molecule has 1 aromatic carbocycles. The highest BCUT2D eigenvalue weighted by molar-refractivity contribution is 7.80. The predicted octanol–water partition coefficient (Wildman–Crippen LogP) is 3.66. The molecule has 0 spiro atoms. The van der Waals surface area contributed by atoms with Crippen LogP contribution in [0.15, 0.2) is 42.7 Å². The van der Waals surface area contributed by atoms with Crippen LogP contribution in [0, 0.1) is 5.82 Å². The molecule has 2 aromatic heterocycles. The van der Waals surface area contributed by atoms with Crippen LogP contribution < -0.4 is 10.6 Å². The monoisotopic (exact) mass is 430 g/mol. The van der Waals surface area contributed by atoms with Gasteiger partial charge in [-0.3, -0.25) is 9.36 Å². The Hall–Kier alpha value is -3.27.